The van der Waals surface area contributed by atoms with E-state index in [0.717, 1.165) is 0 Å². The molecule has 17 heavy (non-hydrogen) atoms. The highest BCUT2D eigenvalue weighted by molar-refractivity contribution is 6.08. The summed E-state index contributed by atoms with van der Waals surface area (Å²) in [4.78, 5) is 23.2. The van der Waals surface area contributed by atoms with Crippen LogP contribution in [-0.4, -0.2) is 21.9 Å². The van der Waals surface area contributed by atoms with Crippen molar-refractivity contribution in [3.63, 3.8) is 0 Å². The summed E-state index contributed by atoms with van der Waals surface area (Å²) in [6, 6.07) is 8.23. The van der Waals surface area contributed by atoms with E-state index in [0.29, 0.717) is 11.3 Å². The lowest BCUT2D eigenvalue weighted by Crippen LogP contribution is -2.17. The highest BCUT2D eigenvalue weighted by atomic mass is 16.1. The molecule has 2 aromatic rings. The minimum atomic E-state index is -0.599. The average Bonchev–Trinajstić information content (AvgIpc) is 2.81. The normalized spacial score (nSPS) is 10.1. The number of nitrogens with two attached hydrogens (primary N) is 1. The average molecular weight is 229 g/mol. The zero-order chi connectivity index (χ0) is 12.3. The van der Waals surface area contributed by atoms with Crippen molar-refractivity contribution in [2.45, 2.75) is 6.42 Å². The summed E-state index contributed by atoms with van der Waals surface area (Å²) in [6.45, 7) is 0. The molecule has 0 aliphatic heterocycles. The van der Waals surface area contributed by atoms with Crippen LogP contribution < -0.4 is 5.73 Å². The number of Topliss-reactive ketones (excluding diaryl/α,β-unsaturated/α-hetero) is 1. The molecule has 0 unspecified atom stereocenters. The van der Waals surface area contributed by atoms with E-state index in [9.17, 15) is 9.59 Å². The lowest BCUT2D eigenvalue weighted by atomic mass is 10.0. The molecule has 5 heteroatoms. The number of carbonyl (C=O) groups excluding carboxylic acids is 2. The molecule has 0 bridgehead atoms. The maximum absolute atomic E-state index is 12.0. The molecule has 0 aliphatic carbocycles. The Morgan fingerprint density at radius 1 is 1.18 bits per heavy atom. The fraction of sp³-hybridized carbons (Fsp3) is 0.0833. The molecular weight excluding hydrogens is 218 g/mol. The molecule has 0 saturated heterocycles. The number of ketones is 1. The van der Waals surface area contributed by atoms with Crippen LogP contribution in [0.1, 0.15) is 26.4 Å². The van der Waals surface area contributed by atoms with E-state index in [1.54, 1.807) is 36.5 Å². The van der Waals surface area contributed by atoms with Gasteiger partial charge in [0.2, 0.25) is 5.91 Å². The Kier molecular flexibility index (Phi) is 3.00. The largest absolute Gasteiger partial charge is 0.366 e. The molecule has 3 N–H and O–H groups in total. The molecule has 0 saturated carbocycles. The zero-order valence-corrected chi connectivity index (χ0v) is 9.01. The molecular formula is C12H11N3O2. The predicted octanol–water partition coefficient (Wildman–Crippen LogP) is 0.934. The van der Waals surface area contributed by atoms with Crippen LogP contribution >= 0.6 is 0 Å². The lowest BCUT2D eigenvalue weighted by Gasteiger charge is -2.04. The van der Waals surface area contributed by atoms with E-state index in [2.05, 4.69) is 10.2 Å². The number of nitrogens with zero attached hydrogens (tertiary/aromatic N) is 1. The van der Waals surface area contributed by atoms with Crippen molar-refractivity contribution in [3.8, 4) is 0 Å². The zero-order valence-electron chi connectivity index (χ0n) is 9.01. The number of hydrogen-bond donors (Lipinski definition) is 2. The second-order valence-electron chi connectivity index (χ2n) is 3.59. The first-order chi connectivity index (χ1) is 8.18. The number of rotatable bonds is 4. The Balaban J connectivity index is 2.28. The molecule has 1 aromatic carbocycles. The number of nitrogens with one attached hydrogen (secondary N) is 1. The minimum Gasteiger partial charge on any atom is -0.366 e. The van der Waals surface area contributed by atoms with Crippen molar-refractivity contribution >= 4 is 11.7 Å². The Morgan fingerprint density at radius 2 is 1.88 bits per heavy atom. The molecule has 0 atom stereocenters. The Bertz CT molecular complexity index is 547. The van der Waals surface area contributed by atoms with Gasteiger partial charge in [-0.3, -0.25) is 14.7 Å². The van der Waals surface area contributed by atoms with Gasteiger partial charge in [-0.1, -0.05) is 18.2 Å². The van der Waals surface area contributed by atoms with Crippen molar-refractivity contribution in [2.24, 2.45) is 5.73 Å². The first-order valence-electron chi connectivity index (χ1n) is 5.09. The number of primary amides is 1. The molecule has 1 amide bonds. The molecule has 0 aliphatic rings. The van der Waals surface area contributed by atoms with Crippen LogP contribution in [0.5, 0.6) is 0 Å². The standard InChI is InChI=1S/C12H11N3O2/c13-12(17)10-4-2-1-3-9(10)11(16)7-8-5-6-14-15-8/h1-6H,7H2,(H2,13,17)(H,14,15). The van der Waals surface area contributed by atoms with Gasteiger partial charge in [0.1, 0.15) is 0 Å². The topological polar surface area (TPSA) is 88.8 Å². The lowest BCUT2D eigenvalue weighted by molar-refractivity contribution is 0.0963. The summed E-state index contributed by atoms with van der Waals surface area (Å²) in [5.41, 5.74) is 6.51. The highest BCUT2D eigenvalue weighted by Crippen LogP contribution is 2.11. The summed E-state index contributed by atoms with van der Waals surface area (Å²) in [5, 5.41) is 6.46. The van der Waals surface area contributed by atoms with Crippen LogP contribution in [0.3, 0.4) is 0 Å². The number of carbonyl (C=O) groups is 2. The Labute approximate surface area is 97.6 Å². The van der Waals surface area contributed by atoms with Gasteiger partial charge in [0.05, 0.1) is 6.42 Å². The fourth-order valence-electron chi connectivity index (χ4n) is 1.59. The van der Waals surface area contributed by atoms with E-state index in [1.807, 2.05) is 0 Å². The van der Waals surface area contributed by atoms with Crippen LogP contribution in [0.25, 0.3) is 0 Å². The Morgan fingerprint density at radius 3 is 2.47 bits per heavy atom. The van der Waals surface area contributed by atoms with Crippen molar-refractivity contribution in [1.82, 2.24) is 10.2 Å². The molecule has 0 fully saturated rings. The van der Waals surface area contributed by atoms with Gasteiger partial charge in [-0.25, -0.2) is 0 Å². The summed E-state index contributed by atoms with van der Waals surface area (Å²) in [6.07, 6.45) is 1.74. The van der Waals surface area contributed by atoms with Crippen molar-refractivity contribution in [3.05, 3.63) is 53.3 Å². The van der Waals surface area contributed by atoms with Crippen LogP contribution in [0.2, 0.25) is 0 Å². The maximum Gasteiger partial charge on any atom is 0.249 e. The summed E-state index contributed by atoms with van der Waals surface area (Å²) in [7, 11) is 0. The van der Waals surface area contributed by atoms with Gasteiger partial charge in [0.15, 0.2) is 5.78 Å². The summed E-state index contributed by atoms with van der Waals surface area (Å²) < 4.78 is 0. The van der Waals surface area contributed by atoms with Crippen molar-refractivity contribution in [1.29, 1.82) is 0 Å². The van der Waals surface area contributed by atoms with E-state index >= 15 is 0 Å². The third-order valence-corrected chi connectivity index (χ3v) is 2.40. The van der Waals surface area contributed by atoms with Crippen molar-refractivity contribution in [2.75, 3.05) is 0 Å². The molecule has 5 nitrogen and oxygen atoms in total. The predicted molar refractivity (Wildman–Crippen MR) is 61.6 cm³/mol. The second-order valence-corrected chi connectivity index (χ2v) is 3.59. The van der Waals surface area contributed by atoms with E-state index < -0.39 is 5.91 Å². The highest BCUT2D eigenvalue weighted by Gasteiger charge is 2.15. The maximum atomic E-state index is 12.0. The van der Waals surface area contributed by atoms with E-state index in [1.165, 1.54) is 0 Å². The third kappa shape index (κ3) is 2.39. The van der Waals surface area contributed by atoms with Gasteiger partial charge in [-0.2, -0.15) is 5.10 Å². The van der Waals surface area contributed by atoms with Crippen LogP contribution in [0, 0.1) is 0 Å². The quantitative estimate of drug-likeness (QED) is 0.764. The van der Waals surface area contributed by atoms with Gasteiger partial charge < -0.3 is 5.73 Å². The first kappa shape index (κ1) is 11.1. The van der Waals surface area contributed by atoms with E-state index in [-0.39, 0.29) is 17.8 Å². The monoisotopic (exact) mass is 229 g/mol. The first-order valence-corrected chi connectivity index (χ1v) is 5.09. The summed E-state index contributed by atoms with van der Waals surface area (Å²) in [5.74, 6) is -0.762. The molecule has 0 spiro atoms. The van der Waals surface area contributed by atoms with Gasteiger partial charge in [0, 0.05) is 23.0 Å². The summed E-state index contributed by atoms with van der Waals surface area (Å²) >= 11 is 0. The number of benzene rings is 1. The van der Waals surface area contributed by atoms with Gasteiger partial charge in [0.25, 0.3) is 0 Å². The smallest absolute Gasteiger partial charge is 0.249 e. The molecule has 2 rings (SSSR count). The van der Waals surface area contributed by atoms with Gasteiger partial charge in [-0.05, 0) is 12.1 Å². The SMILES string of the molecule is NC(=O)c1ccccc1C(=O)Cc1ccn[nH]1. The number of hydrogen-bond acceptors (Lipinski definition) is 3. The minimum absolute atomic E-state index is 0.163. The number of aromatic amines is 1. The second kappa shape index (κ2) is 4.61. The van der Waals surface area contributed by atoms with Crippen LogP contribution in [0.15, 0.2) is 36.5 Å². The number of aromatic nitrogens is 2. The van der Waals surface area contributed by atoms with Gasteiger partial charge >= 0.3 is 0 Å². The fourth-order valence-corrected chi connectivity index (χ4v) is 1.59. The van der Waals surface area contributed by atoms with E-state index in [4.69, 9.17) is 5.73 Å². The number of H-pyrrole nitrogens is 1. The molecule has 1 heterocycles. The van der Waals surface area contributed by atoms with Crippen molar-refractivity contribution < 1.29 is 9.59 Å². The van der Waals surface area contributed by atoms with Crippen LogP contribution in [-0.2, 0) is 6.42 Å². The molecule has 86 valence electrons. The third-order valence-electron chi connectivity index (χ3n) is 2.40. The Hall–Kier alpha value is -2.43. The molecule has 1 aromatic heterocycles. The van der Waals surface area contributed by atoms with Gasteiger partial charge in [-0.15, -0.1) is 0 Å². The van der Waals surface area contributed by atoms with Crippen LogP contribution in [0.4, 0.5) is 0 Å². The number of amides is 1. The molecule has 0 radical (unpaired) electrons.